The molecular formula is C17H23NO3S. The van der Waals surface area contributed by atoms with Gasteiger partial charge < -0.3 is 10.4 Å². The van der Waals surface area contributed by atoms with Crippen LogP contribution in [-0.2, 0) is 16.0 Å². The van der Waals surface area contributed by atoms with Crippen LogP contribution in [0, 0.1) is 10.8 Å². The lowest BCUT2D eigenvalue weighted by Crippen LogP contribution is -2.53. The molecule has 120 valence electrons. The van der Waals surface area contributed by atoms with Crippen LogP contribution in [0.2, 0.25) is 0 Å². The number of rotatable bonds is 5. The number of nitrogens with one attached hydrogen (secondary N) is 1. The van der Waals surface area contributed by atoms with E-state index in [4.69, 9.17) is 0 Å². The second-order valence-electron chi connectivity index (χ2n) is 7.08. The number of carboxylic acid groups (broad SMARTS) is 1. The fourth-order valence-electron chi connectivity index (χ4n) is 4.04. The molecule has 2 bridgehead atoms. The van der Waals surface area contributed by atoms with Crippen LogP contribution in [0.15, 0.2) is 16.8 Å². The molecule has 3 saturated carbocycles. The second kappa shape index (κ2) is 5.69. The van der Waals surface area contributed by atoms with E-state index in [1.54, 1.807) is 11.3 Å². The van der Waals surface area contributed by atoms with Gasteiger partial charge in [0.2, 0.25) is 5.91 Å². The molecule has 5 heteroatoms. The predicted molar refractivity (Wildman–Crippen MR) is 85.8 cm³/mol. The van der Waals surface area contributed by atoms with E-state index in [9.17, 15) is 14.7 Å². The van der Waals surface area contributed by atoms with Crippen LogP contribution >= 0.6 is 11.3 Å². The molecule has 4 rings (SSSR count). The van der Waals surface area contributed by atoms with E-state index < -0.39 is 11.4 Å². The Morgan fingerprint density at radius 3 is 2.32 bits per heavy atom. The Morgan fingerprint density at radius 2 is 1.82 bits per heavy atom. The summed E-state index contributed by atoms with van der Waals surface area (Å²) >= 11 is 1.67. The van der Waals surface area contributed by atoms with Crippen molar-refractivity contribution < 1.29 is 14.7 Å². The minimum Gasteiger partial charge on any atom is -0.481 e. The maximum atomic E-state index is 12.7. The van der Waals surface area contributed by atoms with Crippen LogP contribution in [0.4, 0.5) is 0 Å². The van der Waals surface area contributed by atoms with E-state index in [1.807, 2.05) is 6.92 Å². The summed E-state index contributed by atoms with van der Waals surface area (Å²) in [5.41, 5.74) is 0.386. The van der Waals surface area contributed by atoms with Crippen LogP contribution in [0.3, 0.4) is 0 Å². The van der Waals surface area contributed by atoms with Crippen molar-refractivity contribution in [3.05, 3.63) is 22.4 Å². The number of aliphatic carboxylic acids is 1. The third-order valence-electron chi connectivity index (χ3n) is 5.68. The molecule has 3 aliphatic rings. The van der Waals surface area contributed by atoms with Gasteiger partial charge in [-0.05, 0) is 74.3 Å². The van der Waals surface area contributed by atoms with Gasteiger partial charge in [-0.2, -0.15) is 11.3 Å². The zero-order chi connectivity index (χ0) is 15.8. The maximum Gasteiger partial charge on any atom is 0.309 e. The number of carboxylic acids is 1. The number of carbonyl (C=O) groups excluding carboxylic acids is 1. The van der Waals surface area contributed by atoms with Crippen LogP contribution < -0.4 is 5.32 Å². The van der Waals surface area contributed by atoms with Gasteiger partial charge in [0.1, 0.15) is 0 Å². The van der Waals surface area contributed by atoms with Crippen LogP contribution in [0.1, 0.15) is 51.0 Å². The first-order valence-electron chi connectivity index (χ1n) is 8.01. The number of amides is 1. The van der Waals surface area contributed by atoms with Crippen molar-refractivity contribution in [2.24, 2.45) is 10.8 Å². The highest BCUT2D eigenvalue weighted by Crippen LogP contribution is 2.57. The SMILES string of the molecule is CC(Cc1ccsc1)NC(=O)C12CCC(C(=O)O)(CC1)CC2. The summed E-state index contributed by atoms with van der Waals surface area (Å²) < 4.78 is 0. The zero-order valence-electron chi connectivity index (χ0n) is 12.9. The van der Waals surface area contributed by atoms with Crippen molar-refractivity contribution >= 4 is 23.2 Å². The molecule has 0 radical (unpaired) electrons. The highest BCUT2D eigenvalue weighted by molar-refractivity contribution is 7.07. The van der Waals surface area contributed by atoms with Crippen LogP contribution in [0.25, 0.3) is 0 Å². The average molecular weight is 321 g/mol. The van der Waals surface area contributed by atoms with Crippen molar-refractivity contribution in [2.75, 3.05) is 0 Å². The molecule has 1 aromatic rings. The molecule has 0 aliphatic heterocycles. The molecule has 1 aromatic heterocycles. The first kappa shape index (κ1) is 15.5. The predicted octanol–water partition coefficient (Wildman–Crippen LogP) is 3.22. The summed E-state index contributed by atoms with van der Waals surface area (Å²) in [7, 11) is 0. The standard InChI is InChI=1S/C17H23NO3S/c1-12(10-13-2-9-22-11-13)18-14(19)16-3-6-17(7-4-16,8-5-16)15(20)21/h2,9,11-12H,3-8,10H2,1H3,(H,18,19)(H,20,21). The van der Waals surface area contributed by atoms with E-state index in [2.05, 4.69) is 22.1 Å². The summed E-state index contributed by atoms with van der Waals surface area (Å²) in [5, 5.41) is 16.8. The fourth-order valence-corrected chi connectivity index (χ4v) is 4.72. The second-order valence-corrected chi connectivity index (χ2v) is 7.86. The van der Waals surface area contributed by atoms with E-state index in [0.29, 0.717) is 19.3 Å². The Hall–Kier alpha value is -1.36. The number of hydrogen-bond acceptors (Lipinski definition) is 3. The van der Waals surface area contributed by atoms with Crippen molar-refractivity contribution in [1.82, 2.24) is 5.32 Å². The van der Waals surface area contributed by atoms with Gasteiger partial charge in [-0.15, -0.1) is 0 Å². The minimum atomic E-state index is -0.674. The normalized spacial score (nSPS) is 31.7. The van der Waals surface area contributed by atoms with Gasteiger partial charge in [0, 0.05) is 11.5 Å². The van der Waals surface area contributed by atoms with Gasteiger partial charge in [-0.25, -0.2) is 0 Å². The van der Waals surface area contributed by atoms with Crippen molar-refractivity contribution in [3.63, 3.8) is 0 Å². The summed E-state index contributed by atoms with van der Waals surface area (Å²) in [4.78, 5) is 24.2. The van der Waals surface area contributed by atoms with Gasteiger partial charge in [-0.3, -0.25) is 9.59 Å². The van der Waals surface area contributed by atoms with E-state index in [1.165, 1.54) is 5.56 Å². The Bertz CT molecular complexity index is 542. The summed E-state index contributed by atoms with van der Waals surface area (Å²) in [6.07, 6.45) is 4.95. The van der Waals surface area contributed by atoms with Crippen LogP contribution in [0.5, 0.6) is 0 Å². The molecule has 3 fully saturated rings. The summed E-state index contributed by atoms with van der Waals surface area (Å²) in [5.74, 6) is -0.541. The molecule has 2 N–H and O–H groups in total. The molecule has 1 unspecified atom stereocenters. The quantitative estimate of drug-likeness (QED) is 0.875. The molecule has 1 heterocycles. The Morgan fingerprint density at radius 1 is 1.23 bits per heavy atom. The van der Waals surface area contributed by atoms with Crippen molar-refractivity contribution in [3.8, 4) is 0 Å². The third kappa shape index (κ3) is 2.67. The van der Waals surface area contributed by atoms with E-state index in [-0.39, 0.29) is 17.4 Å². The molecular weight excluding hydrogens is 298 g/mol. The average Bonchev–Trinajstić information content (AvgIpc) is 3.01. The van der Waals surface area contributed by atoms with Crippen molar-refractivity contribution in [1.29, 1.82) is 0 Å². The number of carbonyl (C=O) groups is 2. The largest absolute Gasteiger partial charge is 0.481 e. The smallest absolute Gasteiger partial charge is 0.309 e. The summed E-state index contributed by atoms with van der Waals surface area (Å²) in [6.45, 7) is 2.04. The topological polar surface area (TPSA) is 66.4 Å². The highest BCUT2D eigenvalue weighted by Gasteiger charge is 2.55. The van der Waals surface area contributed by atoms with E-state index >= 15 is 0 Å². The molecule has 3 aliphatic carbocycles. The number of thiophene rings is 1. The highest BCUT2D eigenvalue weighted by atomic mass is 32.1. The van der Waals surface area contributed by atoms with Gasteiger partial charge in [0.05, 0.1) is 5.41 Å². The Labute approximate surface area is 134 Å². The lowest BCUT2D eigenvalue weighted by Gasteiger charge is -2.50. The van der Waals surface area contributed by atoms with Gasteiger partial charge in [-0.1, -0.05) is 0 Å². The van der Waals surface area contributed by atoms with Crippen LogP contribution in [-0.4, -0.2) is 23.0 Å². The molecule has 1 atom stereocenters. The van der Waals surface area contributed by atoms with E-state index in [0.717, 1.165) is 25.7 Å². The van der Waals surface area contributed by atoms with Gasteiger partial charge in [0.25, 0.3) is 0 Å². The van der Waals surface area contributed by atoms with Crippen molar-refractivity contribution in [2.45, 2.75) is 57.9 Å². The molecule has 22 heavy (non-hydrogen) atoms. The van der Waals surface area contributed by atoms with Gasteiger partial charge in [0.15, 0.2) is 0 Å². The monoisotopic (exact) mass is 321 g/mol. The number of fused-ring (bicyclic) bond motifs is 3. The molecule has 0 aromatic carbocycles. The maximum absolute atomic E-state index is 12.7. The lowest BCUT2D eigenvalue weighted by molar-refractivity contribution is -0.163. The zero-order valence-corrected chi connectivity index (χ0v) is 13.7. The first-order chi connectivity index (χ1) is 10.5. The molecule has 4 nitrogen and oxygen atoms in total. The Kier molecular flexibility index (Phi) is 4.02. The summed E-state index contributed by atoms with van der Waals surface area (Å²) in [6, 6.07) is 2.21. The minimum absolute atomic E-state index is 0.115. The molecule has 1 amide bonds. The third-order valence-corrected chi connectivity index (χ3v) is 6.41. The fraction of sp³-hybridized carbons (Fsp3) is 0.647. The molecule has 0 saturated heterocycles. The lowest BCUT2D eigenvalue weighted by atomic mass is 9.53. The van der Waals surface area contributed by atoms with Gasteiger partial charge >= 0.3 is 5.97 Å². The number of hydrogen-bond donors (Lipinski definition) is 2. The first-order valence-corrected chi connectivity index (χ1v) is 8.96. The molecule has 0 spiro atoms. The Balaban J connectivity index is 1.60.